The Bertz CT molecular complexity index is 599. The van der Waals surface area contributed by atoms with Gasteiger partial charge in [-0.1, -0.05) is 13.3 Å². The number of carbonyl (C=O) groups excluding carboxylic acids is 1. The predicted molar refractivity (Wildman–Crippen MR) is 98.4 cm³/mol. The zero-order valence-corrected chi connectivity index (χ0v) is 15.6. The summed E-state index contributed by atoms with van der Waals surface area (Å²) >= 11 is 0. The number of fused-ring (bicyclic) bond motifs is 1. The number of rotatable bonds is 5. The number of aromatic nitrogens is 2. The summed E-state index contributed by atoms with van der Waals surface area (Å²) in [5.41, 5.74) is 3.87. The molecule has 4 rings (SSSR count). The molecule has 1 saturated heterocycles. The van der Waals surface area contributed by atoms with Crippen LogP contribution in [0.25, 0.3) is 0 Å². The molecule has 0 spiro atoms. The lowest BCUT2D eigenvalue weighted by atomic mass is 9.80. The van der Waals surface area contributed by atoms with E-state index < -0.39 is 0 Å². The maximum atomic E-state index is 12.9. The van der Waals surface area contributed by atoms with Gasteiger partial charge in [0.1, 0.15) is 0 Å². The Morgan fingerprint density at radius 3 is 2.68 bits per heavy atom. The van der Waals surface area contributed by atoms with Crippen LogP contribution in [0.3, 0.4) is 0 Å². The fourth-order valence-electron chi connectivity index (χ4n) is 4.66. The molecule has 0 aromatic carbocycles. The van der Waals surface area contributed by atoms with Gasteiger partial charge in [0.2, 0.25) is 5.91 Å². The van der Waals surface area contributed by atoms with Crippen molar-refractivity contribution in [3.05, 3.63) is 17.0 Å². The van der Waals surface area contributed by atoms with Gasteiger partial charge in [-0.15, -0.1) is 0 Å². The molecule has 1 aromatic heterocycles. The SMILES string of the molecule is CCCN1CCC(CC(=O)N2CCc3[nH]nc(C4CCC4)c3C2)CC1. The van der Waals surface area contributed by atoms with E-state index in [1.165, 1.54) is 75.1 Å². The van der Waals surface area contributed by atoms with E-state index in [-0.39, 0.29) is 0 Å². The van der Waals surface area contributed by atoms with Crippen LogP contribution in [0.2, 0.25) is 0 Å². The largest absolute Gasteiger partial charge is 0.338 e. The molecular formula is C20H32N4O. The fourth-order valence-corrected chi connectivity index (χ4v) is 4.66. The van der Waals surface area contributed by atoms with Gasteiger partial charge in [-0.3, -0.25) is 9.89 Å². The molecule has 1 N–H and O–H groups in total. The van der Waals surface area contributed by atoms with E-state index in [0.717, 1.165) is 25.9 Å². The molecule has 3 aliphatic rings. The van der Waals surface area contributed by atoms with Crippen LogP contribution in [0.4, 0.5) is 0 Å². The van der Waals surface area contributed by atoms with Crippen molar-refractivity contribution in [1.82, 2.24) is 20.0 Å². The first-order chi connectivity index (χ1) is 12.2. The highest BCUT2D eigenvalue weighted by molar-refractivity contribution is 5.76. The Hall–Kier alpha value is -1.36. The minimum atomic E-state index is 0.361. The van der Waals surface area contributed by atoms with Gasteiger partial charge in [0.25, 0.3) is 0 Å². The molecule has 0 atom stereocenters. The summed E-state index contributed by atoms with van der Waals surface area (Å²) in [6, 6.07) is 0. The Balaban J connectivity index is 1.32. The Morgan fingerprint density at radius 1 is 1.20 bits per heavy atom. The van der Waals surface area contributed by atoms with Crippen LogP contribution >= 0.6 is 0 Å². The van der Waals surface area contributed by atoms with Crippen LogP contribution in [0.1, 0.15) is 74.7 Å². The third kappa shape index (κ3) is 3.62. The second kappa shape index (κ2) is 7.48. The van der Waals surface area contributed by atoms with Gasteiger partial charge in [0, 0.05) is 43.1 Å². The van der Waals surface area contributed by atoms with Gasteiger partial charge in [-0.2, -0.15) is 5.10 Å². The molecule has 25 heavy (non-hydrogen) atoms. The van der Waals surface area contributed by atoms with E-state index in [1.807, 2.05) is 0 Å². The van der Waals surface area contributed by atoms with E-state index in [9.17, 15) is 4.79 Å². The molecule has 1 aromatic rings. The minimum Gasteiger partial charge on any atom is -0.338 e. The van der Waals surface area contributed by atoms with Crippen molar-refractivity contribution in [2.45, 2.75) is 70.8 Å². The maximum absolute atomic E-state index is 12.9. The van der Waals surface area contributed by atoms with Gasteiger partial charge in [0.15, 0.2) is 0 Å². The number of H-pyrrole nitrogens is 1. The summed E-state index contributed by atoms with van der Waals surface area (Å²) in [5.74, 6) is 1.58. The monoisotopic (exact) mass is 344 g/mol. The van der Waals surface area contributed by atoms with Crippen molar-refractivity contribution in [2.75, 3.05) is 26.2 Å². The molecule has 5 heteroatoms. The van der Waals surface area contributed by atoms with E-state index in [1.54, 1.807) is 0 Å². The molecule has 1 amide bonds. The van der Waals surface area contributed by atoms with Crippen molar-refractivity contribution in [3.63, 3.8) is 0 Å². The number of aromatic amines is 1. The van der Waals surface area contributed by atoms with Crippen molar-refractivity contribution < 1.29 is 4.79 Å². The first-order valence-corrected chi connectivity index (χ1v) is 10.3. The van der Waals surface area contributed by atoms with E-state index in [0.29, 0.717) is 17.7 Å². The van der Waals surface area contributed by atoms with Crippen LogP contribution in [0, 0.1) is 5.92 Å². The Kier molecular flexibility index (Phi) is 5.11. The molecule has 0 radical (unpaired) electrons. The number of likely N-dealkylation sites (tertiary alicyclic amines) is 1. The lowest BCUT2D eigenvalue weighted by Gasteiger charge is -2.34. The topological polar surface area (TPSA) is 52.2 Å². The van der Waals surface area contributed by atoms with Crippen molar-refractivity contribution in [1.29, 1.82) is 0 Å². The first-order valence-electron chi connectivity index (χ1n) is 10.3. The molecule has 2 aliphatic heterocycles. The van der Waals surface area contributed by atoms with Crippen LogP contribution in [0.15, 0.2) is 0 Å². The predicted octanol–water partition coefficient (Wildman–Crippen LogP) is 3.07. The average molecular weight is 345 g/mol. The van der Waals surface area contributed by atoms with Crippen LogP contribution in [-0.4, -0.2) is 52.1 Å². The zero-order chi connectivity index (χ0) is 17.2. The number of piperidine rings is 1. The van der Waals surface area contributed by atoms with Crippen molar-refractivity contribution in [3.8, 4) is 0 Å². The van der Waals surface area contributed by atoms with Crippen LogP contribution in [-0.2, 0) is 17.8 Å². The van der Waals surface area contributed by atoms with Crippen molar-refractivity contribution in [2.24, 2.45) is 5.92 Å². The highest BCUT2D eigenvalue weighted by Crippen LogP contribution is 2.39. The van der Waals surface area contributed by atoms with Crippen LogP contribution < -0.4 is 0 Å². The number of nitrogens with one attached hydrogen (secondary N) is 1. The smallest absolute Gasteiger partial charge is 0.223 e. The number of nitrogens with zero attached hydrogens (tertiary/aromatic N) is 3. The highest BCUT2D eigenvalue weighted by Gasteiger charge is 2.31. The molecule has 0 unspecified atom stereocenters. The number of carbonyl (C=O) groups is 1. The Labute approximate surface area is 151 Å². The second-order valence-electron chi connectivity index (χ2n) is 8.25. The van der Waals surface area contributed by atoms with Gasteiger partial charge in [0.05, 0.1) is 5.69 Å². The summed E-state index contributed by atoms with van der Waals surface area (Å²) in [5, 5.41) is 7.83. The first kappa shape index (κ1) is 17.1. The van der Waals surface area contributed by atoms with Gasteiger partial charge in [-0.05, 0) is 57.7 Å². The summed E-state index contributed by atoms with van der Waals surface area (Å²) in [6.45, 7) is 7.43. The van der Waals surface area contributed by atoms with Crippen LogP contribution in [0.5, 0.6) is 0 Å². The fraction of sp³-hybridized carbons (Fsp3) is 0.800. The maximum Gasteiger partial charge on any atom is 0.223 e. The normalized spacial score (nSPS) is 22.7. The summed E-state index contributed by atoms with van der Waals surface area (Å²) in [4.78, 5) is 17.5. The molecule has 0 bridgehead atoms. The summed E-state index contributed by atoms with van der Waals surface area (Å²) in [7, 11) is 0. The standard InChI is InChI=1S/C20H32N4O/c1-2-9-23-10-6-15(7-11-23)13-19(25)24-12-8-18-17(14-24)20(22-21-18)16-4-3-5-16/h15-16H,2-14H2,1H3,(H,21,22). The third-order valence-corrected chi connectivity index (χ3v) is 6.52. The quantitative estimate of drug-likeness (QED) is 0.893. The summed E-state index contributed by atoms with van der Waals surface area (Å²) < 4.78 is 0. The number of hydrogen-bond acceptors (Lipinski definition) is 3. The molecule has 5 nitrogen and oxygen atoms in total. The lowest BCUT2D eigenvalue weighted by molar-refractivity contribution is -0.133. The number of hydrogen-bond donors (Lipinski definition) is 1. The minimum absolute atomic E-state index is 0.361. The number of amides is 1. The third-order valence-electron chi connectivity index (χ3n) is 6.52. The van der Waals surface area contributed by atoms with E-state index in [4.69, 9.17) is 0 Å². The highest BCUT2D eigenvalue weighted by atomic mass is 16.2. The van der Waals surface area contributed by atoms with Crippen molar-refractivity contribution >= 4 is 5.91 Å². The molecule has 2 fully saturated rings. The zero-order valence-electron chi connectivity index (χ0n) is 15.6. The van der Waals surface area contributed by atoms with Gasteiger partial charge in [-0.25, -0.2) is 0 Å². The Morgan fingerprint density at radius 2 is 2.00 bits per heavy atom. The second-order valence-corrected chi connectivity index (χ2v) is 8.25. The molecule has 1 aliphatic carbocycles. The molecular weight excluding hydrogens is 312 g/mol. The van der Waals surface area contributed by atoms with E-state index >= 15 is 0 Å². The molecule has 1 saturated carbocycles. The van der Waals surface area contributed by atoms with Gasteiger partial charge < -0.3 is 9.80 Å². The summed E-state index contributed by atoms with van der Waals surface area (Å²) in [6.07, 6.45) is 9.14. The van der Waals surface area contributed by atoms with Gasteiger partial charge >= 0.3 is 0 Å². The lowest BCUT2D eigenvalue weighted by Crippen LogP contribution is -2.39. The molecule has 3 heterocycles. The molecule has 138 valence electrons. The average Bonchev–Trinajstić information content (AvgIpc) is 2.98. The van der Waals surface area contributed by atoms with E-state index in [2.05, 4.69) is 26.9 Å².